The van der Waals surface area contributed by atoms with Crippen LogP contribution < -0.4 is 0 Å². The van der Waals surface area contributed by atoms with Gasteiger partial charge in [0.2, 0.25) is 17.6 Å². The summed E-state index contributed by atoms with van der Waals surface area (Å²) in [4.78, 5) is 33.4. The lowest BCUT2D eigenvalue weighted by atomic mass is 9.90. The van der Waals surface area contributed by atoms with Crippen molar-refractivity contribution in [3.05, 3.63) is 30.3 Å². The van der Waals surface area contributed by atoms with E-state index in [0.717, 1.165) is 0 Å². The van der Waals surface area contributed by atoms with Crippen molar-refractivity contribution in [2.24, 2.45) is 5.41 Å². The lowest BCUT2D eigenvalue weighted by Crippen LogP contribution is -2.34. The average molecular weight is 330 g/mol. The Kier molecular flexibility index (Phi) is 4.28. The number of carboxylic acids is 1. The topological polar surface area (TPSA) is 109 Å². The quantitative estimate of drug-likeness (QED) is 0.882. The highest BCUT2D eigenvalue weighted by Gasteiger charge is 2.41. The largest absolute Gasteiger partial charge is 0.481 e. The van der Waals surface area contributed by atoms with Crippen molar-refractivity contribution in [3.63, 3.8) is 0 Å². The smallest absolute Gasteiger partial charge is 0.311 e. The summed E-state index contributed by atoms with van der Waals surface area (Å²) in [5.41, 5.74) is -0.248. The fourth-order valence-electron chi connectivity index (χ4n) is 2.68. The van der Waals surface area contributed by atoms with Crippen molar-refractivity contribution in [2.45, 2.75) is 26.2 Å². The molecule has 8 heteroatoms. The molecule has 126 valence electrons. The Morgan fingerprint density at radius 2 is 2.25 bits per heavy atom. The van der Waals surface area contributed by atoms with E-state index in [1.807, 2.05) is 6.07 Å². The molecule has 2 aromatic heterocycles. The maximum atomic E-state index is 12.2. The second kappa shape index (κ2) is 6.38. The second-order valence-electron chi connectivity index (χ2n) is 6.16. The molecule has 1 aliphatic heterocycles. The van der Waals surface area contributed by atoms with Crippen LogP contribution >= 0.6 is 0 Å². The molecule has 1 unspecified atom stereocenters. The van der Waals surface area contributed by atoms with Crippen LogP contribution in [0.2, 0.25) is 0 Å². The van der Waals surface area contributed by atoms with Crippen LogP contribution in [0.4, 0.5) is 0 Å². The Balaban J connectivity index is 1.56. The van der Waals surface area contributed by atoms with Gasteiger partial charge in [-0.1, -0.05) is 11.2 Å². The molecule has 1 fully saturated rings. The molecule has 1 saturated heterocycles. The van der Waals surface area contributed by atoms with E-state index in [0.29, 0.717) is 36.8 Å². The van der Waals surface area contributed by atoms with Crippen LogP contribution in [0.1, 0.15) is 25.7 Å². The number of aryl methyl sites for hydroxylation is 1. The summed E-state index contributed by atoms with van der Waals surface area (Å²) in [7, 11) is 0. The van der Waals surface area contributed by atoms with Crippen molar-refractivity contribution in [1.82, 2.24) is 20.0 Å². The molecule has 0 radical (unpaired) electrons. The molecule has 0 aliphatic carbocycles. The Morgan fingerprint density at radius 1 is 1.42 bits per heavy atom. The van der Waals surface area contributed by atoms with Gasteiger partial charge < -0.3 is 14.5 Å². The van der Waals surface area contributed by atoms with Crippen LogP contribution in [-0.4, -0.2) is 50.1 Å². The fraction of sp³-hybridized carbons (Fsp3) is 0.438. The van der Waals surface area contributed by atoms with Crippen molar-refractivity contribution in [2.75, 3.05) is 13.1 Å². The van der Waals surface area contributed by atoms with E-state index in [1.165, 1.54) is 0 Å². The fourth-order valence-corrected chi connectivity index (χ4v) is 2.68. The minimum absolute atomic E-state index is 0.0995. The van der Waals surface area contributed by atoms with Gasteiger partial charge in [0.15, 0.2) is 0 Å². The highest BCUT2D eigenvalue weighted by molar-refractivity contribution is 5.80. The maximum Gasteiger partial charge on any atom is 0.311 e. The number of pyridine rings is 1. The first-order valence-corrected chi connectivity index (χ1v) is 7.73. The lowest BCUT2D eigenvalue weighted by molar-refractivity contribution is -0.147. The van der Waals surface area contributed by atoms with E-state index < -0.39 is 11.4 Å². The molecule has 24 heavy (non-hydrogen) atoms. The lowest BCUT2D eigenvalue weighted by Gasteiger charge is -2.19. The van der Waals surface area contributed by atoms with Gasteiger partial charge in [-0.05, 0) is 25.5 Å². The molecule has 3 heterocycles. The number of nitrogens with zero attached hydrogens (tertiary/aromatic N) is 4. The molecule has 8 nitrogen and oxygen atoms in total. The number of rotatable bonds is 5. The molecular weight excluding hydrogens is 312 g/mol. The summed E-state index contributed by atoms with van der Waals surface area (Å²) >= 11 is 0. The van der Waals surface area contributed by atoms with Crippen LogP contribution in [0.15, 0.2) is 28.9 Å². The number of likely N-dealkylation sites (tertiary alicyclic amines) is 1. The van der Waals surface area contributed by atoms with Gasteiger partial charge >= 0.3 is 5.97 Å². The minimum atomic E-state index is -0.866. The van der Waals surface area contributed by atoms with Gasteiger partial charge in [-0.3, -0.25) is 14.6 Å². The number of hydrogen-bond acceptors (Lipinski definition) is 6. The molecule has 1 atom stereocenters. The van der Waals surface area contributed by atoms with E-state index >= 15 is 0 Å². The predicted molar refractivity (Wildman–Crippen MR) is 82.8 cm³/mol. The van der Waals surface area contributed by atoms with E-state index in [-0.39, 0.29) is 18.9 Å². The van der Waals surface area contributed by atoms with Gasteiger partial charge in [-0.2, -0.15) is 4.98 Å². The number of hydrogen-bond donors (Lipinski definition) is 1. The van der Waals surface area contributed by atoms with Crippen molar-refractivity contribution < 1.29 is 19.2 Å². The van der Waals surface area contributed by atoms with Crippen molar-refractivity contribution in [1.29, 1.82) is 0 Å². The van der Waals surface area contributed by atoms with Gasteiger partial charge in [-0.25, -0.2) is 0 Å². The van der Waals surface area contributed by atoms with Crippen molar-refractivity contribution in [3.8, 4) is 11.5 Å². The van der Waals surface area contributed by atoms with Crippen LogP contribution in [-0.2, 0) is 16.0 Å². The normalized spacial score (nSPS) is 20.3. The van der Waals surface area contributed by atoms with Gasteiger partial charge in [0.1, 0.15) is 5.69 Å². The first-order valence-electron chi connectivity index (χ1n) is 7.73. The third-order valence-electron chi connectivity index (χ3n) is 4.26. The molecule has 0 aromatic carbocycles. The van der Waals surface area contributed by atoms with Crippen LogP contribution in [0.5, 0.6) is 0 Å². The highest BCUT2D eigenvalue weighted by atomic mass is 16.5. The van der Waals surface area contributed by atoms with E-state index in [1.54, 1.807) is 30.2 Å². The molecule has 3 rings (SSSR count). The van der Waals surface area contributed by atoms with Gasteiger partial charge in [-0.15, -0.1) is 0 Å². The van der Waals surface area contributed by atoms with E-state index in [4.69, 9.17) is 4.52 Å². The predicted octanol–water partition coefficient (Wildman–Crippen LogP) is 1.39. The summed E-state index contributed by atoms with van der Waals surface area (Å²) in [6.45, 7) is 2.37. The minimum Gasteiger partial charge on any atom is -0.481 e. The molecule has 0 saturated carbocycles. The summed E-state index contributed by atoms with van der Waals surface area (Å²) in [5, 5.41) is 13.1. The highest BCUT2D eigenvalue weighted by Crippen LogP contribution is 2.30. The Morgan fingerprint density at radius 3 is 2.92 bits per heavy atom. The zero-order valence-corrected chi connectivity index (χ0v) is 13.3. The zero-order valence-electron chi connectivity index (χ0n) is 13.3. The first kappa shape index (κ1) is 16.1. The SMILES string of the molecule is CC1(C(=O)O)CCN(C(=O)CCc2nc(-c3ccccn3)no2)C1. The maximum absolute atomic E-state index is 12.2. The Hall–Kier alpha value is -2.77. The number of aliphatic carboxylic acids is 1. The molecular formula is C16H18N4O4. The number of carbonyl (C=O) groups is 2. The molecule has 0 bridgehead atoms. The van der Waals surface area contributed by atoms with Crippen LogP contribution in [0.25, 0.3) is 11.5 Å². The number of carbonyl (C=O) groups excluding carboxylic acids is 1. The van der Waals surface area contributed by atoms with Gasteiger partial charge in [0.05, 0.1) is 5.41 Å². The van der Waals surface area contributed by atoms with E-state index in [2.05, 4.69) is 15.1 Å². The van der Waals surface area contributed by atoms with Crippen LogP contribution in [0, 0.1) is 5.41 Å². The zero-order chi connectivity index (χ0) is 17.2. The summed E-state index contributed by atoms with van der Waals surface area (Å²) in [6, 6.07) is 5.40. The van der Waals surface area contributed by atoms with Crippen LogP contribution in [0.3, 0.4) is 0 Å². The third kappa shape index (κ3) is 3.27. The molecule has 2 aromatic rings. The average Bonchev–Trinajstić information content (AvgIpc) is 3.21. The molecule has 1 amide bonds. The summed E-state index contributed by atoms with van der Waals surface area (Å²) in [5.74, 6) is -0.214. The standard InChI is InChI=1S/C16H18N4O4/c1-16(15(22)23)7-9-20(10-16)13(21)6-5-12-18-14(19-24-12)11-4-2-3-8-17-11/h2-4,8H,5-7,9-10H2,1H3,(H,22,23). The monoisotopic (exact) mass is 330 g/mol. The Labute approximate surface area is 138 Å². The molecule has 1 aliphatic rings. The number of carboxylic acid groups (broad SMARTS) is 1. The van der Waals surface area contributed by atoms with Gasteiger partial charge in [0.25, 0.3) is 0 Å². The number of aromatic nitrogens is 3. The number of amides is 1. The Bertz CT molecular complexity index is 746. The second-order valence-corrected chi connectivity index (χ2v) is 6.16. The summed E-state index contributed by atoms with van der Waals surface area (Å²) < 4.78 is 5.15. The van der Waals surface area contributed by atoms with Gasteiger partial charge in [0, 0.05) is 32.1 Å². The first-order chi connectivity index (χ1) is 11.5. The van der Waals surface area contributed by atoms with Crippen molar-refractivity contribution >= 4 is 11.9 Å². The third-order valence-corrected chi connectivity index (χ3v) is 4.26. The molecule has 0 spiro atoms. The molecule has 1 N–H and O–H groups in total. The summed E-state index contributed by atoms with van der Waals surface area (Å²) in [6.07, 6.45) is 2.64. The van der Waals surface area contributed by atoms with E-state index in [9.17, 15) is 14.7 Å².